The molecule has 2 aromatic carbocycles. The van der Waals surface area contributed by atoms with Gasteiger partial charge in [0.25, 0.3) is 5.91 Å². The van der Waals surface area contributed by atoms with Gasteiger partial charge in [-0.3, -0.25) is 4.79 Å². The number of aryl methyl sites for hydroxylation is 1. The van der Waals surface area contributed by atoms with E-state index in [9.17, 15) is 13.2 Å². The maximum atomic E-state index is 12.5. The summed E-state index contributed by atoms with van der Waals surface area (Å²) < 4.78 is 38.1. The number of sulfonamides is 1. The number of carbonyl (C=O) groups is 1. The predicted molar refractivity (Wildman–Crippen MR) is 103 cm³/mol. The largest absolute Gasteiger partial charge is 0.496 e. The Morgan fingerprint density at radius 3 is 2.59 bits per heavy atom. The van der Waals surface area contributed by atoms with Crippen LogP contribution in [0, 0.1) is 6.92 Å². The quantitative estimate of drug-likeness (QED) is 0.638. The van der Waals surface area contributed by atoms with Crippen LogP contribution in [0.15, 0.2) is 47.4 Å². The van der Waals surface area contributed by atoms with Crippen LogP contribution < -0.4 is 19.5 Å². The highest BCUT2D eigenvalue weighted by Crippen LogP contribution is 2.22. The number of amides is 1. The molecule has 2 aromatic rings. The summed E-state index contributed by atoms with van der Waals surface area (Å²) in [7, 11) is -2.36. The van der Waals surface area contributed by atoms with Gasteiger partial charge >= 0.3 is 0 Å². The minimum Gasteiger partial charge on any atom is -0.496 e. The standard InChI is InChI=1S/C19H24N2O5S/c1-4-20-19(22)17-13-16(8-9-18(17)25-3)27(23,24)21-10-11-26-15-7-5-6-14(2)12-15/h5-9,12-13,21H,4,10-11H2,1-3H3,(H,20,22). The molecule has 0 aliphatic carbocycles. The van der Waals surface area contributed by atoms with Crippen molar-refractivity contribution in [3.8, 4) is 11.5 Å². The topological polar surface area (TPSA) is 93.7 Å². The lowest BCUT2D eigenvalue weighted by atomic mass is 10.2. The molecule has 0 heterocycles. The van der Waals surface area contributed by atoms with Gasteiger partial charge in [-0.15, -0.1) is 0 Å². The molecule has 0 aliphatic heterocycles. The number of methoxy groups -OCH3 is 1. The van der Waals surface area contributed by atoms with E-state index in [0.29, 0.717) is 18.0 Å². The average Bonchev–Trinajstić information content (AvgIpc) is 2.65. The summed E-state index contributed by atoms with van der Waals surface area (Å²) in [5.41, 5.74) is 1.22. The van der Waals surface area contributed by atoms with Gasteiger partial charge in [-0.05, 0) is 49.7 Å². The molecule has 1 amide bonds. The van der Waals surface area contributed by atoms with E-state index >= 15 is 0 Å². The normalized spacial score (nSPS) is 11.1. The fourth-order valence-corrected chi connectivity index (χ4v) is 3.46. The molecular weight excluding hydrogens is 368 g/mol. The first-order valence-corrected chi connectivity index (χ1v) is 10.0. The van der Waals surface area contributed by atoms with Gasteiger partial charge in [0.2, 0.25) is 10.0 Å². The maximum absolute atomic E-state index is 12.5. The van der Waals surface area contributed by atoms with Crippen LogP contribution in [0.2, 0.25) is 0 Å². The molecule has 2 rings (SSSR count). The zero-order chi connectivity index (χ0) is 19.9. The van der Waals surface area contributed by atoms with E-state index in [4.69, 9.17) is 9.47 Å². The SMILES string of the molecule is CCNC(=O)c1cc(S(=O)(=O)NCCOc2cccc(C)c2)ccc1OC. The smallest absolute Gasteiger partial charge is 0.255 e. The van der Waals surface area contributed by atoms with Gasteiger partial charge in [-0.1, -0.05) is 12.1 Å². The average molecular weight is 392 g/mol. The third kappa shape index (κ3) is 5.70. The van der Waals surface area contributed by atoms with Gasteiger partial charge in [-0.25, -0.2) is 13.1 Å². The molecule has 0 aliphatic rings. The number of benzene rings is 2. The van der Waals surface area contributed by atoms with Gasteiger partial charge in [0, 0.05) is 13.1 Å². The van der Waals surface area contributed by atoms with Crippen LogP contribution in [-0.2, 0) is 10.0 Å². The molecule has 0 saturated heterocycles. The molecule has 0 aromatic heterocycles. The Morgan fingerprint density at radius 2 is 1.93 bits per heavy atom. The summed E-state index contributed by atoms with van der Waals surface area (Å²) in [5, 5.41) is 2.64. The van der Waals surface area contributed by atoms with Crippen molar-refractivity contribution in [1.29, 1.82) is 0 Å². The molecule has 146 valence electrons. The number of carbonyl (C=O) groups excluding carboxylic acids is 1. The van der Waals surface area contributed by atoms with Crippen LogP contribution in [0.25, 0.3) is 0 Å². The van der Waals surface area contributed by atoms with Crippen molar-refractivity contribution in [3.63, 3.8) is 0 Å². The van der Waals surface area contributed by atoms with E-state index in [1.54, 1.807) is 6.92 Å². The Balaban J connectivity index is 2.05. The number of hydrogen-bond donors (Lipinski definition) is 2. The number of rotatable bonds is 9. The zero-order valence-electron chi connectivity index (χ0n) is 15.6. The van der Waals surface area contributed by atoms with Crippen LogP contribution in [0.1, 0.15) is 22.8 Å². The second-order valence-electron chi connectivity index (χ2n) is 5.78. The zero-order valence-corrected chi connectivity index (χ0v) is 16.4. The van der Waals surface area contributed by atoms with Gasteiger partial charge in [0.15, 0.2) is 0 Å². The van der Waals surface area contributed by atoms with Crippen molar-refractivity contribution in [2.45, 2.75) is 18.7 Å². The van der Waals surface area contributed by atoms with Crippen LogP contribution >= 0.6 is 0 Å². The molecule has 0 unspecified atom stereocenters. The van der Waals surface area contributed by atoms with Gasteiger partial charge in [0.1, 0.15) is 18.1 Å². The molecule has 0 spiro atoms. The van der Waals surface area contributed by atoms with Gasteiger partial charge < -0.3 is 14.8 Å². The molecule has 27 heavy (non-hydrogen) atoms. The molecular formula is C19H24N2O5S. The minimum atomic E-state index is -3.78. The summed E-state index contributed by atoms with van der Waals surface area (Å²) in [4.78, 5) is 12.1. The van der Waals surface area contributed by atoms with E-state index in [-0.39, 0.29) is 23.6 Å². The molecule has 0 fully saturated rings. The second-order valence-corrected chi connectivity index (χ2v) is 7.55. The van der Waals surface area contributed by atoms with Crippen LogP contribution in [0.3, 0.4) is 0 Å². The predicted octanol–water partition coefficient (Wildman–Crippen LogP) is 2.11. The van der Waals surface area contributed by atoms with E-state index in [0.717, 1.165) is 5.56 Å². The third-order valence-electron chi connectivity index (χ3n) is 3.72. The highest BCUT2D eigenvalue weighted by Gasteiger charge is 2.19. The molecule has 7 nitrogen and oxygen atoms in total. The number of nitrogens with one attached hydrogen (secondary N) is 2. The summed E-state index contributed by atoms with van der Waals surface area (Å²) in [5.74, 6) is 0.592. The summed E-state index contributed by atoms with van der Waals surface area (Å²) >= 11 is 0. The highest BCUT2D eigenvalue weighted by atomic mass is 32.2. The first kappa shape index (κ1) is 20.7. The molecule has 0 bridgehead atoms. The van der Waals surface area contributed by atoms with Gasteiger partial charge in [-0.2, -0.15) is 0 Å². The maximum Gasteiger partial charge on any atom is 0.255 e. The van der Waals surface area contributed by atoms with Gasteiger partial charge in [0.05, 0.1) is 17.6 Å². The molecule has 0 atom stereocenters. The number of ether oxygens (including phenoxy) is 2. The number of hydrogen-bond acceptors (Lipinski definition) is 5. The highest BCUT2D eigenvalue weighted by molar-refractivity contribution is 7.89. The van der Waals surface area contributed by atoms with E-state index < -0.39 is 15.9 Å². The Kier molecular flexibility index (Phi) is 7.20. The third-order valence-corrected chi connectivity index (χ3v) is 5.17. The summed E-state index contributed by atoms with van der Waals surface area (Å²) in [6.07, 6.45) is 0. The minimum absolute atomic E-state index is 0.0138. The lowest BCUT2D eigenvalue weighted by molar-refractivity contribution is 0.0952. The van der Waals surface area contributed by atoms with Crippen molar-refractivity contribution in [3.05, 3.63) is 53.6 Å². The second kappa shape index (κ2) is 9.38. The van der Waals surface area contributed by atoms with E-state index in [1.807, 2.05) is 31.2 Å². The Morgan fingerprint density at radius 1 is 1.15 bits per heavy atom. The Bertz CT molecular complexity index is 897. The lowest BCUT2D eigenvalue weighted by Gasteiger charge is -2.12. The molecule has 0 saturated carbocycles. The summed E-state index contributed by atoms with van der Waals surface area (Å²) in [6, 6.07) is 11.7. The van der Waals surface area contributed by atoms with E-state index in [1.165, 1.54) is 25.3 Å². The fourth-order valence-electron chi connectivity index (χ4n) is 2.42. The molecule has 8 heteroatoms. The Labute approximate surface area is 159 Å². The Hall–Kier alpha value is -2.58. The lowest BCUT2D eigenvalue weighted by Crippen LogP contribution is -2.29. The van der Waals surface area contributed by atoms with Crippen molar-refractivity contribution >= 4 is 15.9 Å². The van der Waals surface area contributed by atoms with Crippen molar-refractivity contribution in [1.82, 2.24) is 10.0 Å². The van der Waals surface area contributed by atoms with Crippen molar-refractivity contribution < 1.29 is 22.7 Å². The van der Waals surface area contributed by atoms with Crippen molar-refractivity contribution in [2.24, 2.45) is 0 Å². The molecule has 0 radical (unpaired) electrons. The first-order chi connectivity index (χ1) is 12.9. The van der Waals surface area contributed by atoms with E-state index in [2.05, 4.69) is 10.0 Å². The van der Waals surface area contributed by atoms with Crippen LogP contribution in [0.4, 0.5) is 0 Å². The van der Waals surface area contributed by atoms with Crippen LogP contribution in [-0.4, -0.2) is 41.1 Å². The molecule has 2 N–H and O–H groups in total. The monoisotopic (exact) mass is 392 g/mol. The van der Waals surface area contributed by atoms with Crippen LogP contribution in [0.5, 0.6) is 11.5 Å². The fraction of sp³-hybridized carbons (Fsp3) is 0.316. The van der Waals surface area contributed by atoms with Crippen molar-refractivity contribution in [2.75, 3.05) is 26.8 Å². The summed E-state index contributed by atoms with van der Waals surface area (Å²) in [6.45, 7) is 4.43. The first-order valence-electron chi connectivity index (χ1n) is 8.52.